The van der Waals surface area contributed by atoms with Crippen LogP contribution in [0, 0.1) is 5.92 Å². The van der Waals surface area contributed by atoms with Crippen LogP contribution in [0.25, 0.3) is 11.0 Å². The Kier molecular flexibility index (Phi) is 6.40. The number of aromatic nitrogens is 2. The number of piperidine rings is 1. The van der Waals surface area contributed by atoms with Gasteiger partial charge in [-0.2, -0.15) is 0 Å². The number of imidazole rings is 1. The lowest BCUT2D eigenvalue weighted by Crippen LogP contribution is -2.42. The lowest BCUT2D eigenvalue weighted by Gasteiger charge is -2.30. The number of carbonyl (C=O) groups is 2. The number of likely N-dealkylation sites (tertiary alicyclic amines) is 1. The maximum atomic E-state index is 12.8. The molecule has 0 aliphatic carbocycles. The fourth-order valence-electron chi connectivity index (χ4n) is 4.00. The second kappa shape index (κ2) is 9.17. The summed E-state index contributed by atoms with van der Waals surface area (Å²) in [5.41, 5.74) is 1.78. The molecule has 0 unspecified atom stereocenters. The van der Waals surface area contributed by atoms with E-state index in [4.69, 9.17) is 9.72 Å². The van der Waals surface area contributed by atoms with Crippen LogP contribution < -0.4 is 0 Å². The quantitative estimate of drug-likeness (QED) is 0.700. The normalized spacial score (nSPS) is 20.2. The molecule has 8 heteroatoms. The molecule has 3 heterocycles. The number of ether oxygens (including phenoxy) is 1. The minimum absolute atomic E-state index is 0.0643. The molecule has 2 aliphatic rings. The topological polar surface area (TPSA) is 67.7 Å². The lowest BCUT2D eigenvalue weighted by atomic mass is 10.0. The predicted molar refractivity (Wildman–Crippen MR) is 113 cm³/mol. The number of para-hydroxylation sites is 2. The molecule has 1 atom stereocenters. The van der Waals surface area contributed by atoms with Gasteiger partial charge in [0, 0.05) is 26.2 Å². The first-order valence-corrected chi connectivity index (χ1v) is 11.3. The van der Waals surface area contributed by atoms with Gasteiger partial charge in [0.05, 0.1) is 30.0 Å². The molecule has 156 valence electrons. The average molecular weight is 417 g/mol. The standard InChI is InChI=1S/C21H28N4O3S/c1-16-5-4-8-24(13-16)20(27)15-29-21-22-17-6-2-3-7-18(17)25(21)14-19(26)23-9-11-28-12-10-23/h2-3,6-7,16H,4-5,8-15H2,1H3/t16-/m0/s1. The van der Waals surface area contributed by atoms with Crippen molar-refractivity contribution < 1.29 is 14.3 Å². The van der Waals surface area contributed by atoms with Gasteiger partial charge in [0.25, 0.3) is 0 Å². The van der Waals surface area contributed by atoms with E-state index in [1.807, 2.05) is 38.6 Å². The number of fused-ring (bicyclic) bond motifs is 1. The number of hydrogen-bond donors (Lipinski definition) is 0. The molecule has 1 aromatic heterocycles. The molecule has 2 aromatic rings. The maximum absolute atomic E-state index is 12.8. The van der Waals surface area contributed by atoms with E-state index in [-0.39, 0.29) is 18.4 Å². The molecule has 0 radical (unpaired) electrons. The third-order valence-corrected chi connectivity index (χ3v) is 6.57. The van der Waals surface area contributed by atoms with Crippen LogP contribution in [0.2, 0.25) is 0 Å². The van der Waals surface area contributed by atoms with Gasteiger partial charge in [0.15, 0.2) is 5.16 Å². The van der Waals surface area contributed by atoms with Gasteiger partial charge in [-0.05, 0) is 30.9 Å². The molecule has 0 spiro atoms. The Bertz CT molecular complexity index is 878. The van der Waals surface area contributed by atoms with Crippen molar-refractivity contribution in [2.75, 3.05) is 45.1 Å². The maximum Gasteiger partial charge on any atom is 0.242 e. The van der Waals surface area contributed by atoms with Crippen molar-refractivity contribution in [3.8, 4) is 0 Å². The molecule has 0 N–H and O–H groups in total. The van der Waals surface area contributed by atoms with Crippen LogP contribution in [0.1, 0.15) is 19.8 Å². The van der Waals surface area contributed by atoms with Gasteiger partial charge in [-0.1, -0.05) is 30.8 Å². The molecule has 7 nitrogen and oxygen atoms in total. The van der Waals surface area contributed by atoms with Gasteiger partial charge in [0.1, 0.15) is 6.54 Å². The molecule has 4 rings (SSSR count). The number of carbonyl (C=O) groups excluding carboxylic acids is 2. The molecular formula is C21H28N4O3S. The SMILES string of the molecule is C[C@H]1CCCN(C(=O)CSc2nc3ccccc3n2CC(=O)N2CCOCC2)C1. The van der Waals surface area contributed by atoms with E-state index in [1.54, 1.807) is 0 Å². The smallest absolute Gasteiger partial charge is 0.242 e. The zero-order valence-corrected chi connectivity index (χ0v) is 17.7. The van der Waals surface area contributed by atoms with Gasteiger partial charge >= 0.3 is 0 Å². The van der Waals surface area contributed by atoms with Crippen molar-refractivity contribution in [1.82, 2.24) is 19.4 Å². The number of amides is 2. The number of nitrogens with zero attached hydrogens (tertiary/aromatic N) is 4. The van der Waals surface area contributed by atoms with E-state index >= 15 is 0 Å². The van der Waals surface area contributed by atoms with Crippen molar-refractivity contribution in [1.29, 1.82) is 0 Å². The first kappa shape index (κ1) is 20.2. The Morgan fingerprint density at radius 3 is 2.72 bits per heavy atom. The van der Waals surface area contributed by atoms with Crippen LogP contribution in [0.15, 0.2) is 29.4 Å². The molecule has 2 aliphatic heterocycles. The summed E-state index contributed by atoms with van der Waals surface area (Å²) in [5, 5.41) is 0.728. The highest BCUT2D eigenvalue weighted by Crippen LogP contribution is 2.25. The van der Waals surface area contributed by atoms with E-state index in [1.165, 1.54) is 18.2 Å². The highest BCUT2D eigenvalue weighted by molar-refractivity contribution is 7.99. The van der Waals surface area contributed by atoms with Crippen LogP contribution in [-0.2, 0) is 20.9 Å². The van der Waals surface area contributed by atoms with E-state index in [9.17, 15) is 9.59 Å². The van der Waals surface area contributed by atoms with Crippen LogP contribution in [-0.4, -0.2) is 76.3 Å². The second-order valence-corrected chi connectivity index (χ2v) is 8.78. The highest BCUT2D eigenvalue weighted by Gasteiger charge is 2.23. The molecule has 2 amide bonds. The summed E-state index contributed by atoms with van der Waals surface area (Å²) in [6.45, 7) is 6.53. The summed E-state index contributed by atoms with van der Waals surface area (Å²) < 4.78 is 7.30. The van der Waals surface area contributed by atoms with Crippen molar-refractivity contribution >= 4 is 34.6 Å². The first-order valence-electron chi connectivity index (χ1n) is 10.3. The second-order valence-electron chi connectivity index (χ2n) is 7.84. The predicted octanol–water partition coefficient (Wildman–Crippen LogP) is 2.25. The van der Waals surface area contributed by atoms with Gasteiger partial charge < -0.3 is 19.1 Å². The van der Waals surface area contributed by atoms with E-state index < -0.39 is 0 Å². The number of benzene rings is 1. The third-order valence-electron chi connectivity index (χ3n) is 5.61. The summed E-state index contributed by atoms with van der Waals surface area (Å²) >= 11 is 1.43. The van der Waals surface area contributed by atoms with Gasteiger partial charge in [-0.3, -0.25) is 9.59 Å². The average Bonchev–Trinajstić information content (AvgIpc) is 3.10. The van der Waals surface area contributed by atoms with E-state index in [0.717, 1.165) is 35.7 Å². The van der Waals surface area contributed by atoms with Crippen LogP contribution in [0.3, 0.4) is 0 Å². The van der Waals surface area contributed by atoms with E-state index in [0.29, 0.717) is 38.0 Å². The molecule has 0 saturated carbocycles. The van der Waals surface area contributed by atoms with Gasteiger partial charge in [0.2, 0.25) is 11.8 Å². The Labute approximate surface area is 175 Å². The highest BCUT2D eigenvalue weighted by atomic mass is 32.2. The lowest BCUT2D eigenvalue weighted by molar-refractivity contribution is -0.136. The summed E-state index contributed by atoms with van der Waals surface area (Å²) in [6.07, 6.45) is 2.26. The van der Waals surface area contributed by atoms with E-state index in [2.05, 4.69) is 6.92 Å². The van der Waals surface area contributed by atoms with Crippen LogP contribution in [0.5, 0.6) is 0 Å². The molecular weight excluding hydrogens is 388 g/mol. The Morgan fingerprint density at radius 2 is 1.93 bits per heavy atom. The minimum Gasteiger partial charge on any atom is -0.378 e. The monoisotopic (exact) mass is 416 g/mol. The number of hydrogen-bond acceptors (Lipinski definition) is 5. The van der Waals surface area contributed by atoms with Crippen molar-refractivity contribution in [2.45, 2.75) is 31.5 Å². The largest absolute Gasteiger partial charge is 0.378 e. The number of thioether (sulfide) groups is 1. The Morgan fingerprint density at radius 1 is 1.14 bits per heavy atom. The summed E-state index contributed by atoms with van der Waals surface area (Å²) in [6, 6.07) is 7.82. The fraction of sp³-hybridized carbons (Fsp3) is 0.571. The van der Waals surface area contributed by atoms with Crippen molar-refractivity contribution in [3.05, 3.63) is 24.3 Å². The number of rotatable bonds is 5. The minimum atomic E-state index is 0.0643. The molecule has 1 aromatic carbocycles. The Balaban J connectivity index is 1.48. The first-order chi connectivity index (χ1) is 14.1. The molecule has 2 saturated heterocycles. The van der Waals surface area contributed by atoms with Crippen molar-refractivity contribution in [3.63, 3.8) is 0 Å². The molecule has 0 bridgehead atoms. The summed E-state index contributed by atoms with van der Waals surface area (Å²) in [5.74, 6) is 1.13. The molecule has 29 heavy (non-hydrogen) atoms. The molecule has 2 fully saturated rings. The fourth-order valence-corrected chi connectivity index (χ4v) is 4.91. The van der Waals surface area contributed by atoms with Gasteiger partial charge in [-0.25, -0.2) is 4.98 Å². The zero-order chi connectivity index (χ0) is 20.2. The zero-order valence-electron chi connectivity index (χ0n) is 16.9. The Hall–Kier alpha value is -2.06. The summed E-state index contributed by atoms with van der Waals surface area (Å²) in [4.78, 5) is 34.0. The van der Waals surface area contributed by atoms with Crippen LogP contribution in [0.4, 0.5) is 0 Å². The summed E-state index contributed by atoms with van der Waals surface area (Å²) in [7, 11) is 0. The van der Waals surface area contributed by atoms with Crippen LogP contribution >= 0.6 is 11.8 Å². The van der Waals surface area contributed by atoms with Crippen molar-refractivity contribution in [2.24, 2.45) is 5.92 Å². The number of morpholine rings is 1. The third kappa shape index (κ3) is 4.75. The van der Waals surface area contributed by atoms with Gasteiger partial charge in [-0.15, -0.1) is 0 Å².